The van der Waals surface area contributed by atoms with Crippen molar-refractivity contribution in [2.75, 3.05) is 24.8 Å². The minimum absolute atomic E-state index is 0. The molecule has 3 rings (SSSR count). The van der Waals surface area contributed by atoms with Crippen molar-refractivity contribution < 1.29 is 14.3 Å². The van der Waals surface area contributed by atoms with Crippen molar-refractivity contribution in [1.29, 1.82) is 0 Å². The number of hydrogen-bond donors (Lipinski definition) is 2. The van der Waals surface area contributed by atoms with Crippen LogP contribution in [-0.2, 0) is 0 Å². The lowest BCUT2D eigenvalue weighted by Crippen LogP contribution is -2.14. The Balaban J connectivity index is 0.00000208. The Morgan fingerprint density at radius 2 is 1.96 bits per heavy atom. The van der Waals surface area contributed by atoms with Crippen molar-refractivity contribution in [3.05, 3.63) is 48.0 Å². The number of benzene rings is 2. The Morgan fingerprint density at radius 3 is 2.62 bits per heavy atom. The monoisotopic (exact) mass is 348 g/mol. The van der Waals surface area contributed by atoms with Crippen LogP contribution in [0.15, 0.2) is 42.5 Å². The Morgan fingerprint density at radius 1 is 1.21 bits per heavy atom. The summed E-state index contributed by atoms with van der Waals surface area (Å²) in [6, 6.07) is 12.4. The molecule has 0 heterocycles. The first-order chi connectivity index (χ1) is 11.2. The van der Waals surface area contributed by atoms with Crippen molar-refractivity contribution in [1.82, 2.24) is 0 Å². The second-order valence-electron chi connectivity index (χ2n) is 5.66. The van der Waals surface area contributed by atoms with Crippen molar-refractivity contribution in [3.63, 3.8) is 0 Å². The molecule has 1 aliphatic carbocycles. The zero-order valence-electron chi connectivity index (χ0n) is 13.5. The molecule has 2 aromatic carbocycles. The Bertz CT molecular complexity index is 717. The number of rotatable bonds is 6. The summed E-state index contributed by atoms with van der Waals surface area (Å²) in [5.74, 6) is 1.60. The fraction of sp³-hybridized carbons (Fsp3) is 0.278. The van der Waals surface area contributed by atoms with Crippen molar-refractivity contribution in [3.8, 4) is 11.5 Å². The van der Waals surface area contributed by atoms with E-state index < -0.39 is 0 Å². The molecular weight excluding hydrogens is 328 g/mol. The maximum absolute atomic E-state index is 12.5. The molecule has 6 heteroatoms. The molecule has 0 spiro atoms. The van der Waals surface area contributed by atoms with Crippen LogP contribution in [0.2, 0.25) is 0 Å². The van der Waals surface area contributed by atoms with Crippen LogP contribution in [0.25, 0.3) is 0 Å². The molecule has 128 valence electrons. The van der Waals surface area contributed by atoms with Gasteiger partial charge in [-0.2, -0.15) is 0 Å². The van der Waals surface area contributed by atoms with Gasteiger partial charge in [0.05, 0.1) is 25.0 Å². The topological polar surface area (TPSA) is 73.6 Å². The smallest absolute Gasteiger partial charge is 0.259 e. The van der Waals surface area contributed by atoms with Crippen LogP contribution in [0.3, 0.4) is 0 Å². The molecule has 3 N–H and O–H groups in total. The molecule has 5 nitrogen and oxygen atoms in total. The van der Waals surface area contributed by atoms with Crippen LogP contribution in [0, 0.1) is 5.92 Å². The van der Waals surface area contributed by atoms with Gasteiger partial charge in [0.2, 0.25) is 0 Å². The average molecular weight is 349 g/mol. The summed E-state index contributed by atoms with van der Waals surface area (Å²) in [5, 5.41) is 2.84. The molecule has 2 aromatic rings. The van der Waals surface area contributed by atoms with E-state index in [1.165, 1.54) is 12.8 Å². The lowest BCUT2D eigenvalue weighted by molar-refractivity contribution is 0.102. The number of halogens is 1. The Kier molecular flexibility index (Phi) is 5.93. The zero-order valence-corrected chi connectivity index (χ0v) is 14.3. The van der Waals surface area contributed by atoms with Gasteiger partial charge in [-0.3, -0.25) is 4.79 Å². The first-order valence-electron chi connectivity index (χ1n) is 7.64. The van der Waals surface area contributed by atoms with E-state index in [-0.39, 0.29) is 18.3 Å². The molecule has 0 atom stereocenters. The number of nitrogen functional groups attached to an aromatic ring is 1. The molecule has 0 aliphatic heterocycles. The van der Waals surface area contributed by atoms with Crippen LogP contribution in [0.5, 0.6) is 11.5 Å². The normalized spacial score (nSPS) is 12.9. The SMILES string of the molecule is COc1ccc(NC(=O)c2ccccc2OCC2CC2)cc1N.Cl. The van der Waals surface area contributed by atoms with E-state index >= 15 is 0 Å². The van der Waals surface area contributed by atoms with E-state index in [0.29, 0.717) is 41.0 Å². The number of carbonyl (C=O) groups excluding carboxylic acids is 1. The predicted molar refractivity (Wildman–Crippen MR) is 97.3 cm³/mol. The molecule has 1 saturated carbocycles. The van der Waals surface area contributed by atoms with Gasteiger partial charge in [-0.05, 0) is 49.1 Å². The first-order valence-corrected chi connectivity index (χ1v) is 7.64. The minimum Gasteiger partial charge on any atom is -0.495 e. The summed E-state index contributed by atoms with van der Waals surface area (Å²) in [6.07, 6.45) is 2.42. The quantitative estimate of drug-likeness (QED) is 0.780. The van der Waals surface area contributed by atoms with Crippen molar-refractivity contribution in [2.24, 2.45) is 5.92 Å². The van der Waals surface area contributed by atoms with E-state index in [4.69, 9.17) is 15.2 Å². The van der Waals surface area contributed by atoms with Gasteiger partial charge >= 0.3 is 0 Å². The van der Waals surface area contributed by atoms with Gasteiger partial charge in [0.15, 0.2) is 0 Å². The van der Waals surface area contributed by atoms with Crippen molar-refractivity contribution in [2.45, 2.75) is 12.8 Å². The molecule has 0 radical (unpaired) electrons. The molecule has 0 bridgehead atoms. The molecule has 24 heavy (non-hydrogen) atoms. The Hall–Kier alpha value is -2.40. The maximum Gasteiger partial charge on any atom is 0.259 e. The number of hydrogen-bond acceptors (Lipinski definition) is 4. The lowest BCUT2D eigenvalue weighted by Gasteiger charge is -2.12. The van der Waals surface area contributed by atoms with E-state index in [9.17, 15) is 4.79 Å². The van der Waals surface area contributed by atoms with E-state index in [1.54, 1.807) is 31.4 Å². The largest absolute Gasteiger partial charge is 0.495 e. The highest BCUT2D eigenvalue weighted by atomic mass is 35.5. The zero-order chi connectivity index (χ0) is 16.2. The van der Waals surface area contributed by atoms with Gasteiger partial charge in [0.25, 0.3) is 5.91 Å². The van der Waals surface area contributed by atoms with Crippen LogP contribution >= 0.6 is 12.4 Å². The minimum atomic E-state index is -0.221. The maximum atomic E-state index is 12.5. The number of para-hydroxylation sites is 1. The fourth-order valence-corrected chi connectivity index (χ4v) is 2.28. The average Bonchev–Trinajstić information content (AvgIpc) is 3.38. The third-order valence-corrected chi connectivity index (χ3v) is 3.79. The number of nitrogens with one attached hydrogen (secondary N) is 1. The molecule has 0 unspecified atom stereocenters. The van der Waals surface area contributed by atoms with Crippen molar-refractivity contribution >= 4 is 29.7 Å². The van der Waals surface area contributed by atoms with Crippen LogP contribution < -0.4 is 20.5 Å². The second kappa shape index (κ2) is 7.93. The lowest BCUT2D eigenvalue weighted by atomic mass is 10.1. The summed E-state index contributed by atoms with van der Waals surface area (Å²) in [7, 11) is 1.55. The van der Waals surface area contributed by atoms with Gasteiger partial charge in [-0.25, -0.2) is 0 Å². The summed E-state index contributed by atoms with van der Waals surface area (Å²) in [5.41, 5.74) is 7.47. The predicted octanol–water partition coefficient (Wildman–Crippen LogP) is 3.74. The molecule has 0 aromatic heterocycles. The third-order valence-electron chi connectivity index (χ3n) is 3.79. The Labute approximate surface area is 147 Å². The summed E-state index contributed by atoms with van der Waals surface area (Å²) < 4.78 is 10.9. The second-order valence-corrected chi connectivity index (χ2v) is 5.66. The number of nitrogens with two attached hydrogens (primary N) is 1. The highest BCUT2D eigenvalue weighted by Gasteiger charge is 2.23. The number of amides is 1. The van der Waals surface area contributed by atoms with Gasteiger partial charge < -0.3 is 20.5 Å². The van der Waals surface area contributed by atoms with E-state index in [2.05, 4.69) is 5.32 Å². The molecular formula is C18H21ClN2O3. The molecule has 1 fully saturated rings. The molecule has 1 aliphatic rings. The molecule has 0 saturated heterocycles. The number of methoxy groups -OCH3 is 1. The van der Waals surface area contributed by atoms with Gasteiger partial charge in [0.1, 0.15) is 11.5 Å². The fourth-order valence-electron chi connectivity index (χ4n) is 2.28. The highest BCUT2D eigenvalue weighted by molar-refractivity contribution is 6.06. The third kappa shape index (κ3) is 4.32. The summed E-state index contributed by atoms with van der Waals surface area (Å²) in [4.78, 5) is 12.5. The summed E-state index contributed by atoms with van der Waals surface area (Å²) >= 11 is 0. The van der Waals surface area contributed by atoms with E-state index in [0.717, 1.165) is 0 Å². The van der Waals surface area contributed by atoms with Gasteiger partial charge in [-0.1, -0.05) is 12.1 Å². The summed E-state index contributed by atoms with van der Waals surface area (Å²) in [6.45, 7) is 0.666. The number of carbonyl (C=O) groups is 1. The van der Waals surface area contributed by atoms with Crippen LogP contribution in [0.1, 0.15) is 23.2 Å². The van der Waals surface area contributed by atoms with Gasteiger partial charge in [-0.15, -0.1) is 12.4 Å². The standard InChI is InChI=1S/C18H20N2O3.ClH/c1-22-17-9-8-13(10-15(17)19)20-18(21)14-4-2-3-5-16(14)23-11-12-6-7-12;/h2-5,8-10,12H,6-7,11,19H2,1H3,(H,20,21);1H. The number of ether oxygens (including phenoxy) is 2. The van der Waals surface area contributed by atoms with E-state index in [1.807, 2.05) is 18.2 Å². The number of anilines is 2. The van der Waals surface area contributed by atoms with Crippen LogP contribution in [-0.4, -0.2) is 19.6 Å². The molecule has 1 amide bonds. The first kappa shape index (κ1) is 17.9. The van der Waals surface area contributed by atoms with Gasteiger partial charge in [0, 0.05) is 5.69 Å². The van der Waals surface area contributed by atoms with Crippen LogP contribution in [0.4, 0.5) is 11.4 Å². The highest BCUT2D eigenvalue weighted by Crippen LogP contribution is 2.31.